The van der Waals surface area contributed by atoms with Gasteiger partial charge >= 0.3 is 0 Å². The molecule has 1 aliphatic rings. The van der Waals surface area contributed by atoms with E-state index in [0.29, 0.717) is 0 Å². The Balaban J connectivity index is 2.07. The molecular weight excluding hydrogens is 212 g/mol. The fourth-order valence-corrected chi connectivity index (χ4v) is 2.07. The highest BCUT2D eigenvalue weighted by Gasteiger charge is 2.21. The van der Waals surface area contributed by atoms with Crippen molar-refractivity contribution in [3.05, 3.63) is 28.8 Å². The van der Waals surface area contributed by atoms with Crippen LogP contribution >= 0.6 is 0 Å². The highest BCUT2D eigenvalue weighted by atomic mass is 16.5. The van der Waals surface area contributed by atoms with Crippen molar-refractivity contribution >= 4 is 5.84 Å². The molecule has 0 heterocycles. The summed E-state index contributed by atoms with van der Waals surface area (Å²) in [4.78, 5) is 0. The molecule has 0 spiro atoms. The molecule has 1 aromatic rings. The first-order valence-corrected chi connectivity index (χ1v) is 6.16. The Bertz CT molecular complexity index is 413. The number of benzene rings is 1. The molecule has 1 aromatic carbocycles. The Labute approximate surface area is 102 Å². The van der Waals surface area contributed by atoms with E-state index in [9.17, 15) is 0 Å². The molecule has 0 unspecified atom stereocenters. The van der Waals surface area contributed by atoms with Crippen molar-refractivity contribution in [1.29, 1.82) is 5.41 Å². The van der Waals surface area contributed by atoms with Gasteiger partial charge in [0.2, 0.25) is 0 Å². The largest absolute Gasteiger partial charge is 0.493 e. The van der Waals surface area contributed by atoms with Crippen LogP contribution in [0.1, 0.15) is 36.0 Å². The van der Waals surface area contributed by atoms with Gasteiger partial charge in [-0.15, -0.1) is 0 Å². The molecule has 3 heteroatoms. The summed E-state index contributed by atoms with van der Waals surface area (Å²) in [5.74, 6) is 1.96. The Morgan fingerprint density at radius 3 is 2.41 bits per heavy atom. The summed E-state index contributed by atoms with van der Waals surface area (Å²) in [6.45, 7) is 4.81. The summed E-state index contributed by atoms with van der Waals surface area (Å²) in [6, 6.07) is 3.84. The summed E-state index contributed by atoms with van der Waals surface area (Å²) in [5, 5.41) is 7.44. The zero-order chi connectivity index (χ0) is 12.4. The molecule has 1 aliphatic carbocycles. The van der Waals surface area contributed by atoms with Crippen LogP contribution in [-0.4, -0.2) is 12.4 Å². The molecule has 92 valence electrons. The predicted octanol–water partition coefficient (Wildman–Crippen LogP) is 2.77. The minimum atomic E-state index is 0.112. The number of hydrogen-bond acceptors (Lipinski definition) is 2. The lowest BCUT2D eigenvalue weighted by Gasteiger charge is -2.13. The lowest BCUT2D eigenvalue weighted by Crippen LogP contribution is -2.12. The van der Waals surface area contributed by atoms with Gasteiger partial charge < -0.3 is 10.5 Å². The number of nitrogen functional groups attached to an aromatic ring is 1. The zero-order valence-corrected chi connectivity index (χ0v) is 10.5. The Kier molecular flexibility index (Phi) is 3.36. The smallest absolute Gasteiger partial charge is 0.125 e. The van der Waals surface area contributed by atoms with E-state index < -0.39 is 0 Å². The van der Waals surface area contributed by atoms with Crippen LogP contribution in [0.4, 0.5) is 0 Å². The first-order valence-electron chi connectivity index (χ1n) is 6.16. The van der Waals surface area contributed by atoms with Gasteiger partial charge in [0.15, 0.2) is 0 Å². The topological polar surface area (TPSA) is 59.1 Å². The number of nitrogens with one attached hydrogen (secondary N) is 1. The van der Waals surface area contributed by atoms with Gasteiger partial charge in [-0.05, 0) is 49.4 Å². The third-order valence-electron chi connectivity index (χ3n) is 3.24. The van der Waals surface area contributed by atoms with Crippen molar-refractivity contribution in [2.45, 2.75) is 33.1 Å². The van der Waals surface area contributed by atoms with Crippen LogP contribution in [0.3, 0.4) is 0 Å². The summed E-state index contributed by atoms with van der Waals surface area (Å²) in [6.07, 6.45) is 3.89. The summed E-state index contributed by atoms with van der Waals surface area (Å²) < 4.78 is 5.84. The van der Waals surface area contributed by atoms with E-state index in [2.05, 4.69) is 0 Å². The van der Waals surface area contributed by atoms with E-state index in [1.807, 2.05) is 26.0 Å². The molecule has 0 aliphatic heterocycles. The maximum atomic E-state index is 7.44. The van der Waals surface area contributed by atoms with Gasteiger partial charge in [-0.25, -0.2) is 0 Å². The first kappa shape index (κ1) is 12.0. The van der Waals surface area contributed by atoms with Crippen molar-refractivity contribution in [1.82, 2.24) is 0 Å². The van der Waals surface area contributed by atoms with Gasteiger partial charge in [0.05, 0.1) is 6.61 Å². The van der Waals surface area contributed by atoms with Crippen molar-refractivity contribution in [3.8, 4) is 5.75 Å². The average Bonchev–Trinajstić information content (AvgIpc) is 3.05. The lowest BCUT2D eigenvalue weighted by molar-refractivity contribution is 0.298. The summed E-state index contributed by atoms with van der Waals surface area (Å²) in [5.41, 5.74) is 8.39. The number of nitrogens with two attached hydrogens (primary N) is 1. The third kappa shape index (κ3) is 2.99. The van der Waals surface area contributed by atoms with Crippen LogP contribution < -0.4 is 10.5 Å². The lowest BCUT2D eigenvalue weighted by atomic mass is 10.1. The van der Waals surface area contributed by atoms with E-state index in [1.54, 1.807) is 0 Å². The number of rotatable bonds is 5. The van der Waals surface area contributed by atoms with Crippen LogP contribution in [-0.2, 0) is 0 Å². The fourth-order valence-electron chi connectivity index (χ4n) is 2.07. The second-order valence-corrected chi connectivity index (χ2v) is 4.93. The third-order valence-corrected chi connectivity index (χ3v) is 3.24. The molecule has 0 saturated heterocycles. The van der Waals surface area contributed by atoms with Gasteiger partial charge in [0, 0.05) is 5.56 Å². The maximum Gasteiger partial charge on any atom is 0.125 e. The van der Waals surface area contributed by atoms with Crippen molar-refractivity contribution in [2.24, 2.45) is 11.7 Å². The molecular formula is C14H20N2O. The summed E-state index contributed by atoms with van der Waals surface area (Å²) in [7, 11) is 0. The quantitative estimate of drug-likeness (QED) is 0.605. The minimum absolute atomic E-state index is 0.112. The Morgan fingerprint density at radius 1 is 1.35 bits per heavy atom. The standard InChI is InChI=1S/C14H20N2O/c1-9-7-12(14(15)16)8-10(2)13(9)17-6-5-11-3-4-11/h7-8,11H,3-6H2,1-2H3,(H3,15,16). The van der Waals surface area contributed by atoms with Crippen LogP contribution in [0.2, 0.25) is 0 Å². The number of amidine groups is 1. The molecule has 3 nitrogen and oxygen atoms in total. The van der Waals surface area contributed by atoms with Gasteiger partial charge in [0.1, 0.15) is 11.6 Å². The molecule has 0 bridgehead atoms. The van der Waals surface area contributed by atoms with Crippen LogP contribution in [0, 0.1) is 25.2 Å². The van der Waals surface area contributed by atoms with E-state index in [0.717, 1.165) is 41.4 Å². The predicted molar refractivity (Wildman–Crippen MR) is 69.8 cm³/mol. The van der Waals surface area contributed by atoms with E-state index in [-0.39, 0.29) is 5.84 Å². The van der Waals surface area contributed by atoms with Crippen molar-refractivity contribution < 1.29 is 4.74 Å². The van der Waals surface area contributed by atoms with Gasteiger partial charge in [-0.1, -0.05) is 12.8 Å². The van der Waals surface area contributed by atoms with Crippen LogP contribution in [0.5, 0.6) is 5.75 Å². The second-order valence-electron chi connectivity index (χ2n) is 4.93. The van der Waals surface area contributed by atoms with Crippen LogP contribution in [0.25, 0.3) is 0 Å². The molecule has 3 N–H and O–H groups in total. The normalized spacial score (nSPS) is 14.7. The molecule has 0 aromatic heterocycles. The second kappa shape index (κ2) is 4.78. The number of aryl methyl sites for hydroxylation is 2. The van der Waals surface area contributed by atoms with Gasteiger partial charge in [-0.3, -0.25) is 5.41 Å². The zero-order valence-electron chi connectivity index (χ0n) is 10.5. The molecule has 17 heavy (non-hydrogen) atoms. The molecule has 0 amide bonds. The Hall–Kier alpha value is -1.51. The van der Waals surface area contributed by atoms with E-state index >= 15 is 0 Å². The average molecular weight is 232 g/mol. The highest BCUT2D eigenvalue weighted by Crippen LogP contribution is 2.33. The molecule has 1 saturated carbocycles. The molecule has 0 atom stereocenters. The molecule has 1 fully saturated rings. The monoisotopic (exact) mass is 232 g/mol. The van der Waals surface area contributed by atoms with Crippen LogP contribution in [0.15, 0.2) is 12.1 Å². The highest BCUT2D eigenvalue weighted by molar-refractivity contribution is 5.95. The SMILES string of the molecule is Cc1cc(C(=N)N)cc(C)c1OCCC1CC1. The number of ether oxygens (including phenoxy) is 1. The maximum absolute atomic E-state index is 7.44. The van der Waals surface area contributed by atoms with Crippen molar-refractivity contribution in [3.63, 3.8) is 0 Å². The fraction of sp³-hybridized carbons (Fsp3) is 0.500. The van der Waals surface area contributed by atoms with Gasteiger partial charge in [0.25, 0.3) is 0 Å². The molecule has 0 radical (unpaired) electrons. The van der Waals surface area contributed by atoms with E-state index in [1.165, 1.54) is 12.8 Å². The van der Waals surface area contributed by atoms with Gasteiger partial charge in [-0.2, -0.15) is 0 Å². The summed E-state index contributed by atoms with van der Waals surface area (Å²) >= 11 is 0. The molecule has 2 rings (SSSR count). The Morgan fingerprint density at radius 2 is 1.94 bits per heavy atom. The number of hydrogen-bond donors (Lipinski definition) is 2. The minimum Gasteiger partial charge on any atom is -0.493 e. The van der Waals surface area contributed by atoms with E-state index in [4.69, 9.17) is 15.9 Å². The first-order chi connectivity index (χ1) is 8.08. The van der Waals surface area contributed by atoms with Crippen molar-refractivity contribution in [2.75, 3.05) is 6.61 Å².